The van der Waals surface area contributed by atoms with Crippen molar-refractivity contribution in [2.45, 2.75) is 19.1 Å². The molecule has 0 aromatic carbocycles. The Bertz CT molecular complexity index is 143. The Kier molecular flexibility index (Phi) is 6.71. The molecule has 0 saturated heterocycles. The van der Waals surface area contributed by atoms with E-state index in [-0.39, 0.29) is 0 Å². The van der Waals surface area contributed by atoms with E-state index < -0.39 is 0 Å². The normalized spacial score (nSPS) is 12.7. The fraction of sp³-hybridized carbons (Fsp3) is 1.00. The quantitative estimate of drug-likeness (QED) is 0.289. The van der Waals surface area contributed by atoms with Gasteiger partial charge >= 0.3 is 0 Å². The fourth-order valence-corrected chi connectivity index (χ4v) is 2.78. The van der Waals surface area contributed by atoms with Crippen LogP contribution in [0.1, 0.15) is 13.8 Å². The molecule has 0 spiro atoms. The summed E-state index contributed by atoms with van der Waals surface area (Å²) in [5.41, 5.74) is 8.11. The Hall–Kier alpha value is 0.01000. The molecule has 0 N–H and O–H groups in total. The molecule has 11 heavy (non-hydrogen) atoms. The van der Waals surface area contributed by atoms with Gasteiger partial charge in [-0.3, -0.25) is 0 Å². The molecule has 0 aromatic rings. The highest BCUT2D eigenvalue weighted by Crippen LogP contribution is 2.28. The maximum Gasteiger partial charge on any atom is 0.0388 e. The first-order chi connectivity index (χ1) is 5.22. The molecule has 3 nitrogen and oxygen atoms in total. The van der Waals surface area contributed by atoms with E-state index >= 15 is 0 Å². The second-order valence-electron chi connectivity index (χ2n) is 2.46. The maximum atomic E-state index is 8.11. The van der Waals surface area contributed by atoms with Crippen molar-refractivity contribution in [3.05, 3.63) is 10.4 Å². The smallest absolute Gasteiger partial charge is 0.0388 e. The lowest BCUT2D eigenvalue weighted by Gasteiger charge is -2.15. The van der Waals surface area contributed by atoms with Crippen LogP contribution in [0.25, 0.3) is 10.4 Å². The summed E-state index contributed by atoms with van der Waals surface area (Å²) in [5.74, 6) is 0.568. The minimum Gasteiger partial charge on any atom is -0.0973 e. The van der Waals surface area contributed by atoms with E-state index in [1.807, 2.05) is 6.26 Å². The third kappa shape index (κ3) is 5.30. The Morgan fingerprint density at radius 3 is 2.55 bits per heavy atom. The molecule has 0 radical (unpaired) electrons. The van der Waals surface area contributed by atoms with Gasteiger partial charge in [0.1, 0.15) is 0 Å². The van der Waals surface area contributed by atoms with Crippen molar-refractivity contribution in [3.8, 4) is 0 Å². The third-order valence-electron chi connectivity index (χ3n) is 1.29. The van der Waals surface area contributed by atoms with Crippen LogP contribution in [0.5, 0.6) is 0 Å². The summed E-state index contributed by atoms with van der Waals surface area (Å²) < 4.78 is 0. The largest absolute Gasteiger partial charge is 0.0973 e. The number of azide groups is 1. The van der Waals surface area contributed by atoms with Gasteiger partial charge in [0.2, 0.25) is 0 Å². The summed E-state index contributed by atoms with van der Waals surface area (Å²) >= 11 is 0. The Balaban J connectivity index is 3.78. The summed E-state index contributed by atoms with van der Waals surface area (Å²) in [6.45, 7) is 4.88. The van der Waals surface area contributed by atoms with Crippen LogP contribution in [0.15, 0.2) is 5.11 Å². The summed E-state index contributed by atoms with van der Waals surface area (Å²) in [6, 6.07) is 0. The second kappa shape index (κ2) is 6.70. The zero-order valence-corrected chi connectivity index (χ0v) is 8.65. The van der Waals surface area contributed by atoms with Crippen molar-refractivity contribution in [3.63, 3.8) is 0 Å². The number of hydrogen-bond donors (Lipinski definition) is 0. The Morgan fingerprint density at radius 1 is 1.55 bits per heavy atom. The molecule has 0 heterocycles. The van der Waals surface area contributed by atoms with Gasteiger partial charge < -0.3 is 0 Å². The van der Waals surface area contributed by atoms with Crippen LogP contribution in [0, 0.1) is 5.92 Å². The molecule has 0 unspecified atom stereocenters. The van der Waals surface area contributed by atoms with E-state index in [0.29, 0.717) is 17.7 Å². The lowest BCUT2D eigenvalue weighted by Crippen LogP contribution is -2.13. The van der Waals surface area contributed by atoms with E-state index in [2.05, 4.69) is 23.9 Å². The van der Waals surface area contributed by atoms with Gasteiger partial charge in [-0.25, -0.2) is 0 Å². The molecule has 64 valence electrons. The molecule has 0 aromatic heterocycles. The predicted octanol–water partition coefficient (Wildman–Crippen LogP) is 3.33. The predicted molar refractivity (Wildman–Crippen MR) is 53.7 cm³/mol. The molecular formula is C6H13N3S2. The van der Waals surface area contributed by atoms with Crippen LogP contribution in [0.2, 0.25) is 0 Å². The lowest BCUT2D eigenvalue weighted by atomic mass is 10.1. The van der Waals surface area contributed by atoms with Crippen molar-refractivity contribution in [2.24, 2.45) is 11.0 Å². The van der Waals surface area contributed by atoms with Crippen LogP contribution in [-0.4, -0.2) is 18.1 Å². The minimum absolute atomic E-state index is 0.445. The molecule has 0 aliphatic heterocycles. The average Bonchev–Trinajstić information content (AvgIpc) is 1.97. The van der Waals surface area contributed by atoms with Crippen molar-refractivity contribution in [1.82, 2.24) is 0 Å². The van der Waals surface area contributed by atoms with Gasteiger partial charge in [0.25, 0.3) is 0 Å². The van der Waals surface area contributed by atoms with E-state index in [9.17, 15) is 0 Å². The highest BCUT2D eigenvalue weighted by atomic mass is 33.1. The van der Waals surface area contributed by atoms with Crippen LogP contribution in [0.3, 0.4) is 0 Å². The minimum atomic E-state index is 0.445. The SMILES string of the molecule is CSS[C@H](CN=[N+]=[N-])C(C)C. The topological polar surface area (TPSA) is 48.8 Å². The average molecular weight is 191 g/mol. The van der Waals surface area contributed by atoms with Gasteiger partial charge in [0, 0.05) is 16.7 Å². The first-order valence-electron chi connectivity index (χ1n) is 3.42. The fourth-order valence-electron chi connectivity index (χ4n) is 0.593. The van der Waals surface area contributed by atoms with Gasteiger partial charge in [-0.05, 0) is 17.7 Å². The number of nitrogens with zero attached hydrogens (tertiary/aromatic N) is 3. The van der Waals surface area contributed by atoms with E-state index in [4.69, 9.17) is 5.53 Å². The molecule has 0 rings (SSSR count). The zero-order chi connectivity index (χ0) is 8.69. The van der Waals surface area contributed by atoms with Gasteiger partial charge in [0.15, 0.2) is 0 Å². The van der Waals surface area contributed by atoms with Gasteiger partial charge in [0.05, 0.1) is 0 Å². The second-order valence-corrected chi connectivity index (χ2v) is 5.17. The number of hydrogen-bond acceptors (Lipinski definition) is 3. The van der Waals surface area contributed by atoms with E-state index in [1.54, 1.807) is 21.6 Å². The van der Waals surface area contributed by atoms with Gasteiger partial charge in [-0.15, -0.1) is 0 Å². The molecule has 0 aliphatic rings. The monoisotopic (exact) mass is 191 g/mol. The Morgan fingerprint density at radius 2 is 2.18 bits per heavy atom. The molecular weight excluding hydrogens is 178 g/mol. The lowest BCUT2D eigenvalue weighted by molar-refractivity contribution is 0.615. The summed E-state index contributed by atoms with van der Waals surface area (Å²) in [4.78, 5) is 2.74. The van der Waals surface area contributed by atoms with E-state index in [1.165, 1.54) is 0 Å². The first-order valence-corrected chi connectivity index (χ1v) is 6.04. The van der Waals surface area contributed by atoms with Crippen LogP contribution >= 0.6 is 21.6 Å². The maximum absolute atomic E-state index is 8.11. The molecule has 0 bridgehead atoms. The summed E-state index contributed by atoms with van der Waals surface area (Å²) in [5, 5.41) is 4.00. The molecule has 5 heteroatoms. The third-order valence-corrected chi connectivity index (χ3v) is 3.74. The zero-order valence-electron chi connectivity index (χ0n) is 7.02. The van der Waals surface area contributed by atoms with Crippen molar-refractivity contribution in [2.75, 3.05) is 12.8 Å². The Labute approximate surface area is 75.3 Å². The van der Waals surface area contributed by atoms with Gasteiger partial charge in [-0.2, -0.15) is 0 Å². The molecule has 0 fully saturated rings. The molecule has 0 amide bonds. The van der Waals surface area contributed by atoms with Crippen LogP contribution < -0.4 is 0 Å². The highest BCUT2D eigenvalue weighted by molar-refractivity contribution is 8.76. The van der Waals surface area contributed by atoms with Crippen molar-refractivity contribution < 1.29 is 0 Å². The highest BCUT2D eigenvalue weighted by Gasteiger charge is 2.11. The van der Waals surface area contributed by atoms with Crippen LogP contribution in [-0.2, 0) is 0 Å². The summed E-state index contributed by atoms with van der Waals surface area (Å²) in [7, 11) is 3.50. The van der Waals surface area contributed by atoms with Crippen molar-refractivity contribution in [1.29, 1.82) is 0 Å². The number of rotatable bonds is 5. The van der Waals surface area contributed by atoms with Crippen LogP contribution in [0.4, 0.5) is 0 Å². The van der Waals surface area contributed by atoms with Gasteiger partial charge in [-0.1, -0.05) is 40.5 Å². The molecule has 1 atom stereocenters. The first kappa shape index (κ1) is 11.0. The standard InChI is InChI=1S/C6H13N3S2/c1-5(2)6(11-10-3)4-8-9-7/h5-6H,4H2,1-3H3/t6-/m1/s1. The summed E-state index contributed by atoms with van der Waals surface area (Å²) in [6.07, 6.45) is 2.04. The molecule has 0 saturated carbocycles. The molecule has 0 aliphatic carbocycles. The van der Waals surface area contributed by atoms with E-state index in [0.717, 1.165) is 0 Å². The van der Waals surface area contributed by atoms with Crippen molar-refractivity contribution >= 4 is 21.6 Å².